The molecule has 0 bridgehead atoms. The van der Waals surface area contributed by atoms with Gasteiger partial charge in [-0.3, -0.25) is 10.2 Å². The van der Waals surface area contributed by atoms with Gasteiger partial charge in [0.2, 0.25) is 0 Å². The van der Waals surface area contributed by atoms with Gasteiger partial charge in [-0.05, 0) is 42.1 Å². The van der Waals surface area contributed by atoms with Crippen LogP contribution in [0, 0.1) is 10.6 Å². The van der Waals surface area contributed by atoms with E-state index in [9.17, 15) is 10.0 Å². The normalized spacial score (nSPS) is 11.9. The van der Waals surface area contributed by atoms with Crippen molar-refractivity contribution < 1.29 is 14.4 Å². The second kappa shape index (κ2) is 8.91. The van der Waals surface area contributed by atoms with E-state index < -0.39 is 6.09 Å². The monoisotopic (exact) mass is 393 g/mol. The van der Waals surface area contributed by atoms with E-state index in [1.54, 1.807) is 42.5 Å². The van der Waals surface area contributed by atoms with Gasteiger partial charge in [-0.1, -0.05) is 37.5 Å². The summed E-state index contributed by atoms with van der Waals surface area (Å²) in [6.45, 7) is 5.88. The first-order valence-electron chi connectivity index (χ1n) is 7.87. The van der Waals surface area contributed by atoms with Crippen LogP contribution in [0.2, 0.25) is 5.02 Å². The van der Waals surface area contributed by atoms with E-state index in [0.717, 1.165) is 4.73 Å². The van der Waals surface area contributed by atoms with E-state index in [0.29, 0.717) is 27.2 Å². The lowest BCUT2D eigenvalue weighted by Gasteiger charge is -2.20. The van der Waals surface area contributed by atoms with Crippen molar-refractivity contribution in [1.82, 2.24) is 0 Å². The Hall–Kier alpha value is -2.25. The minimum atomic E-state index is -0.697. The Balaban J connectivity index is 2.00. The quantitative estimate of drug-likeness (QED) is 0.199. The number of halogens is 1. The van der Waals surface area contributed by atoms with Gasteiger partial charge >= 0.3 is 6.09 Å². The van der Waals surface area contributed by atoms with Gasteiger partial charge in [0.15, 0.2) is 6.20 Å². The van der Waals surface area contributed by atoms with Crippen molar-refractivity contribution in [3.05, 3.63) is 58.9 Å². The maximum absolute atomic E-state index is 11.9. The largest absolute Gasteiger partial charge is 0.618 e. The minimum Gasteiger partial charge on any atom is -0.618 e. The number of rotatable bonds is 5. The van der Waals surface area contributed by atoms with Crippen molar-refractivity contribution in [2.24, 2.45) is 10.6 Å². The number of benzene rings is 1. The van der Waals surface area contributed by atoms with Crippen molar-refractivity contribution in [2.45, 2.75) is 25.8 Å². The summed E-state index contributed by atoms with van der Waals surface area (Å²) < 4.78 is 0.791. The number of carbonyl (C=O) groups is 1. The zero-order chi connectivity index (χ0) is 19.2. The fourth-order valence-corrected chi connectivity index (χ4v) is 3.08. The lowest BCUT2D eigenvalue weighted by Crippen LogP contribution is -2.29. The van der Waals surface area contributed by atoms with Crippen molar-refractivity contribution in [3.63, 3.8) is 0 Å². The average Bonchev–Trinajstić information content (AvgIpc) is 2.57. The van der Waals surface area contributed by atoms with Crippen LogP contribution in [0.15, 0.2) is 58.8 Å². The van der Waals surface area contributed by atoms with Crippen LogP contribution in [-0.2, 0) is 4.84 Å². The van der Waals surface area contributed by atoms with Crippen LogP contribution in [0.25, 0.3) is 0 Å². The summed E-state index contributed by atoms with van der Waals surface area (Å²) in [7, 11) is 0. The summed E-state index contributed by atoms with van der Waals surface area (Å²) >= 11 is 7.14. The van der Waals surface area contributed by atoms with E-state index in [2.05, 4.69) is 10.5 Å². The molecule has 8 heteroatoms. The second-order valence-electron chi connectivity index (χ2n) is 6.45. The Kier molecular flexibility index (Phi) is 6.88. The number of hydrogen-bond acceptors (Lipinski definition) is 5. The number of anilines is 1. The topological polar surface area (TPSA) is 77.6 Å². The number of nitrogens with zero attached hydrogens (tertiary/aromatic N) is 2. The molecule has 138 valence electrons. The lowest BCUT2D eigenvalue weighted by molar-refractivity contribution is -0.645. The maximum Gasteiger partial charge on any atom is 0.437 e. The summed E-state index contributed by atoms with van der Waals surface area (Å²) in [5.74, 6) is 0.421. The molecule has 1 aromatic carbocycles. The molecular weight excluding hydrogens is 374 g/mol. The molecule has 0 fully saturated rings. The van der Waals surface area contributed by atoms with Crippen molar-refractivity contribution in [2.75, 3.05) is 11.1 Å². The number of carbonyl (C=O) groups excluding carboxylic acids is 1. The number of aromatic nitrogens is 1. The summed E-state index contributed by atoms with van der Waals surface area (Å²) in [5, 5.41) is 19.4. The van der Waals surface area contributed by atoms with Gasteiger partial charge < -0.3 is 5.21 Å². The predicted molar refractivity (Wildman–Crippen MR) is 105 cm³/mol. The van der Waals surface area contributed by atoms with Crippen LogP contribution in [-0.4, -0.2) is 17.6 Å². The number of nitrogens with one attached hydrogen (secondary N) is 1. The minimum absolute atomic E-state index is 0.323. The molecule has 0 unspecified atom stereocenters. The molecule has 0 atom stereocenters. The van der Waals surface area contributed by atoms with Crippen molar-refractivity contribution >= 4 is 40.9 Å². The van der Waals surface area contributed by atoms with Gasteiger partial charge in [-0.25, -0.2) is 4.79 Å². The van der Waals surface area contributed by atoms with Crippen molar-refractivity contribution in [1.29, 1.82) is 0 Å². The predicted octanol–water partition coefficient (Wildman–Crippen LogP) is 4.72. The third-order valence-corrected chi connectivity index (χ3v) is 4.62. The SMILES string of the molecule is CC(C)(C)/C(CSc1cccc[n+]1[O-])=N\OC(=O)Nc1ccc(Cl)cc1. The summed E-state index contributed by atoms with van der Waals surface area (Å²) in [6, 6.07) is 11.8. The summed E-state index contributed by atoms with van der Waals surface area (Å²) in [4.78, 5) is 16.9. The number of hydrogen-bond donors (Lipinski definition) is 1. The van der Waals surface area contributed by atoms with Crippen LogP contribution < -0.4 is 10.0 Å². The Morgan fingerprint density at radius 1 is 1.27 bits per heavy atom. The summed E-state index contributed by atoms with van der Waals surface area (Å²) in [6.07, 6.45) is 0.740. The Morgan fingerprint density at radius 2 is 1.96 bits per heavy atom. The molecule has 1 aromatic heterocycles. The molecule has 1 N–H and O–H groups in total. The van der Waals surface area contributed by atoms with Gasteiger partial charge in [-0.2, -0.15) is 4.73 Å². The molecular formula is C18H20ClN3O3S. The number of oxime groups is 1. The zero-order valence-corrected chi connectivity index (χ0v) is 16.3. The van der Waals surface area contributed by atoms with E-state index in [1.807, 2.05) is 20.8 Å². The number of thioether (sulfide) groups is 1. The molecule has 26 heavy (non-hydrogen) atoms. The van der Waals surface area contributed by atoms with Crippen molar-refractivity contribution in [3.8, 4) is 0 Å². The molecule has 0 aliphatic heterocycles. The Morgan fingerprint density at radius 3 is 2.58 bits per heavy atom. The first kappa shape index (κ1) is 20.1. The number of amides is 1. The molecule has 0 aliphatic rings. The first-order chi connectivity index (χ1) is 12.3. The lowest BCUT2D eigenvalue weighted by atomic mass is 9.91. The molecule has 0 radical (unpaired) electrons. The fourth-order valence-electron chi connectivity index (χ4n) is 1.82. The van der Waals surface area contributed by atoms with Gasteiger partial charge in [0.05, 0.1) is 5.71 Å². The van der Waals surface area contributed by atoms with E-state index in [-0.39, 0.29) is 5.41 Å². The van der Waals surface area contributed by atoms with E-state index in [4.69, 9.17) is 16.4 Å². The van der Waals surface area contributed by atoms with Crippen LogP contribution >= 0.6 is 23.4 Å². The highest BCUT2D eigenvalue weighted by Crippen LogP contribution is 2.23. The van der Waals surface area contributed by atoms with Crippen LogP contribution in [0.3, 0.4) is 0 Å². The van der Waals surface area contributed by atoms with Gasteiger partial charge in [0, 0.05) is 34.0 Å². The molecule has 0 saturated heterocycles. The second-order valence-corrected chi connectivity index (χ2v) is 7.88. The molecule has 0 spiro atoms. The van der Waals surface area contributed by atoms with Crippen LogP contribution in [0.5, 0.6) is 0 Å². The maximum atomic E-state index is 11.9. The first-order valence-corrected chi connectivity index (χ1v) is 9.24. The average molecular weight is 394 g/mol. The third kappa shape index (κ3) is 6.24. The van der Waals surface area contributed by atoms with Crippen LogP contribution in [0.4, 0.5) is 10.5 Å². The third-order valence-electron chi connectivity index (χ3n) is 3.34. The van der Waals surface area contributed by atoms with Gasteiger partial charge in [0.25, 0.3) is 5.03 Å². The standard InChI is InChI=1S/C18H20ClN3O3S/c1-18(2,3)15(12-26-16-6-4-5-11-22(16)24)21-25-17(23)20-14-9-7-13(19)8-10-14/h4-11H,12H2,1-3H3,(H,20,23)/b21-15-. The number of pyridine rings is 1. The Labute approximate surface area is 161 Å². The molecule has 2 aromatic rings. The van der Waals surface area contributed by atoms with E-state index in [1.165, 1.54) is 18.0 Å². The summed E-state index contributed by atoms with van der Waals surface area (Å²) in [5.41, 5.74) is 0.881. The highest BCUT2D eigenvalue weighted by atomic mass is 35.5. The Bertz CT molecular complexity index is 789. The molecule has 0 aliphatic carbocycles. The molecule has 1 amide bonds. The molecule has 2 rings (SSSR count). The molecule has 1 heterocycles. The van der Waals surface area contributed by atoms with Gasteiger partial charge in [-0.15, -0.1) is 0 Å². The van der Waals surface area contributed by atoms with Gasteiger partial charge in [0.1, 0.15) is 0 Å². The fraction of sp³-hybridized carbons (Fsp3) is 0.278. The van der Waals surface area contributed by atoms with Crippen LogP contribution in [0.1, 0.15) is 20.8 Å². The highest BCUT2D eigenvalue weighted by molar-refractivity contribution is 7.99. The van der Waals surface area contributed by atoms with E-state index >= 15 is 0 Å². The smallest absolute Gasteiger partial charge is 0.437 e. The zero-order valence-electron chi connectivity index (χ0n) is 14.7. The highest BCUT2D eigenvalue weighted by Gasteiger charge is 2.22. The molecule has 0 saturated carbocycles. The molecule has 6 nitrogen and oxygen atoms in total.